The van der Waals surface area contributed by atoms with E-state index >= 15 is 0 Å². The Morgan fingerprint density at radius 3 is 2.17 bits per heavy atom. The average molecular weight is 550 g/mol. The van der Waals surface area contributed by atoms with E-state index in [1.165, 1.54) is 18.3 Å². The molecule has 0 atom stereocenters. The second-order valence-corrected chi connectivity index (χ2v) is 9.14. The number of nitrogens with one attached hydrogen (secondary N) is 1. The maximum Gasteiger partial charge on any atom is 0.416 e. The molecule has 0 spiro atoms. The number of rotatable bonds is 7. The van der Waals surface area contributed by atoms with Gasteiger partial charge >= 0.3 is 6.18 Å². The molecule has 0 bridgehead atoms. The van der Waals surface area contributed by atoms with Crippen LogP contribution in [0.15, 0.2) is 83.1 Å². The van der Waals surface area contributed by atoms with Crippen LogP contribution in [0, 0.1) is 0 Å². The zero-order valence-electron chi connectivity index (χ0n) is 18.2. The van der Waals surface area contributed by atoms with Gasteiger partial charge in [-0.25, -0.2) is 5.43 Å². The second-order valence-electron chi connectivity index (χ2n) is 7.33. The smallest absolute Gasteiger partial charge is 0.272 e. The molecule has 0 aliphatic carbocycles. The summed E-state index contributed by atoms with van der Waals surface area (Å²) < 4.78 is 39.8. The number of aromatic nitrogens is 3. The van der Waals surface area contributed by atoms with Crippen LogP contribution in [-0.2, 0) is 11.0 Å². The summed E-state index contributed by atoms with van der Waals surface area (Å²) in [6.07, 6.45) is -3.15. The second kappa shape index (κ2) is 11.2. The lowest BCUT2D eigenvalue weighted by Crippen LogP contribution is -2.20. The first-order valence-corrected chi connectivity index (χ1v) is 12.0. The maximum absolute atomic E-state index is 12.7. The Balaban J connectivity index is 1.46. The summed E-state index contributed by atoms with van der Waals surface area (Å²) in [7, 11) is 0. The zero-order chi connectivity index (χ0) is 25.7. The molecule has 1 N–H and O–H groups in total. The van der Waals surface area contributed by atoms with Crippen molar-refractivity contribution in [2.75, 3.05) is 5.75 Å². The first kappa shape index (κ1) is 25.7. The van der Waals surface area contributed by atoms with Crippen LogP contribution in [-0.4, -0.2) is 32.6 Å². The van der Waals surface area contributed by atoms with Crippen LogP contribution in [0.1, 0.15) is 11.1 Å². The number of benzene rings is 3. The molecule has 4 aromatic rings. The van der Waals surface area contributed by atoms with Crippen molar-refractivity contribution in [1.29, 1.82) is 0 Å². The summed E-state index contributed by atoms with van der Waals surface area (Å²) in [4.78, 5) is 12.3. The number of halogens is 5. The highest BCUT2D eigenvalue weighted by Crippen LogP contribution is 2.30. The van der Waals surface area contributed by atoms with Gasteiger partial charge in [0.05, 0.1) is 17.5 Å². The standard InChI is InChI=1S/C24H16Cl2F3N5OS/c25-18-7-3-16(4-8-18)22-32-33-23(34(22)20-11-9-19(26)10-12-20)36-14-21(35)31-30-13-15-1-5-17(6-2-15)24(27,28)29/h1-13H,14H2,(H,31,35). The van der Waals surface area contributed by atoms with Gasteiger partial charge in [0.1, 0.15) is 0 Å². The first-order valence-electron chi connectivity index (χ1n) is 10.3. The van der Waals surface area contributed by atoms with E-state index in [9.17, 15) is 18.0 Å². The van der Waals surface area contributed by atoms with Gasteiger partial charge in [0.25, 0.3) is 5.91 Å². The highest BCUT2D eigenvalue weighted by Gasteiger charge is 2.29. The van der Waals surface area contributed by atoms with Gasteiger partial charge in [-0.05, 0) is 66.2 Å². The minimum Gasteiger partial charge on any atom is -0.272 e. The number of alkyl halides is 3. The fourth-order valence-corrected chi connectivity index (χ4v) is 4.07. The Morgan fingerprint density at radius 2 is 1.56 bits per heavy atom. The summed E-state index contributed by atoms with van der Waals surface area (Å²) in [6, 6.07) is 18.6. The summed E-state index contributed by atoms with van der Waals surface area (Å²) in [6.45, 7) is 0. The van der Waals surface area contributed by atoms with E-state index in [2.05, 4.69) is 20.7 Å². The van der Waals surface area contributed by atoms with Gasteiger partial charge in [-0.15, -0.1) is 10.2 Å². The zero-order valence-corrected chi connectivity index (χ0v) is 20.5. The van der Waals surface area contributed by atoms with Crippen LogP contribution in [0.25, 0.3) is 17.1 Å². The van der Waals surface area contributed by atoms with E-state index in [0.717, 1.165) is 35.1 Å². The predicted molar refractivity (Wildman–Crippen MR) is 135 cm³/mol. The molecule has 1 aromatic heterocycles. The number of carbonyl (C=O) groups is 1. The van der Waals surface area contributed by atoms with Gasteiger partial charge in [-0.1, -0.05) is 47.1 Å². The third-order valence-electron chi connectivity index (χ3n) is 4.79. The van der Waals surface area contributed by atoms with Crippen molar-refractivity contribution in [3.63, 3.8) is 0 Å². The van der Waals surface area contributed by atoms with E-state index in [4.69, 9.17) is 23.2 Å². The summed E-state index contributed by atoms with van der Waals surface area (Å²) in [5.41, 5.74) is 3.53. The largest absolute Gasteiger partial charge is 0.416 e. The van der Waals surface area contributed by atoms with Crippen LogP contribution in [0.3, 0.4) is 0 Å². The average Bonchev–Trinajstić information content (AvgIpc) is 3.27. The molecular weight excluding hydrogens is 534 g/mol. The van der Waals surface area contributed by atoms with Gasteiger partial charge in [0, 0.05) is 21.3 Å². The van der Waals surface area contributed by atoms with Crippen molar-refractivity contribution in [1.82, 2.24) is 20.2 Å². The molecule has 184 valence electrons. The molecule has 0 saturated heterocycles. The Morgan fingerprint density at radius 1 is 0.944 bits per heavy atom. The molecule has 36 heavy (non-hydrogen) atoms. The number of carbonyl (C=O) groups excluding carboxylic acids is 1. The molecule has 3 aromatic carbocycles. The highest BCUT2D eigenvalue weighted by molar-refractivity contribution is 7.99. The Kier molecular flexibility index (Phi) is 7.97. The number of thioether (sulfide) groups is 1. The molecule has 0 unspecified atom stereocenters. The summed E-state index contributed by atoms with van der Waals surface area (Å²) >= 11 is 13.2. The number of hydrogen-bond acceptors (Lipinski definition) is 5. The monoisotopic (exact) mass is 549 g/mol. The van der Waals surface area contributed by atoms with Crippen molar-refractivity contribution >= 4 is 47.1 Å². The van der Waals surface area contributed by atoms with Gasteiger partial charge in [-0.2, -0.15) is 18.3 Å². The molecule has 4 rings (SSSR count). The predicted octanol–water partition coefficient (Wildman–Crippen LogP) is 6.50. The van der Waals surface area contributed by atoms with Crippen molar-refractivity contribution in [3.05, 3.63) is 94.0 Å². The molecule has 1 heterocycles. The lowest BCUT2D eigenvalue weighted by molar-refractivity contribution is -0.137. The third kappa shape index (κ3) is 6.45. The number of hydrazone groups is 1. The maximum atomic E-state index is 12.7. The number of amides is 1. The summed E-state index contributed by atoms with van der Waals surface area (Å²) in [5, 5.41) is 14.0. The van der Waals surface area contributed by atoms with Crippen molar-refractivity contribution in [2.24, 2.45) is 5.10 Å². The van der Waals surface area contributed by atoms with E-state index in [1.54, 1.807) is 28.8 Å². The van der Waals surface area contributed by atoms with Crippen LogP contribution in [0.2, 0.25) is 10.0 Å². The number of nitrogens with zero attached hydrogens (tertiary/aromatic N) is 4. The topological polar surface area (TPSA) is 72.2 Å². The SMILES string of the molecule is O=C(CSc1nnc(-c2ccc(Cl)cc2)n1-c1ccc(Cl)cc1)NN=Cc1ccc(C(F)(F)F)cc1. The van der Waals surface area contributed by atoms with E-state index in [-0.39, 0.29) is 5.75 Å². The van der Waals surface area contributed by atoms with Crippen LogP contribution in [0.4, 0.5) is 13.2 Å². The Hall–Kier alpha value is -3.34. The van der Waals surface area contributed by atoms with Gasteiger partial charge < -0.3 is 0 Å². The Labute approximate surface area is 218 Å². The van der Waals surface area contributed by atoms with E-state index in [0.29, 0.717) is 26.6 Å². The fraction of sp³-hybridized carbons (Fsp3) is 0.0833. The molecule has 0 aliphatic rings. The minimum absolute atomic E-state index is 0.0311. The first-order chi connectivity index (χ1) is 17.2. The molecule has 0 fully saturated rings. The normalized spacial score (nSPS) is 11.7. The third-order valence-corrected chi connectivity index (χ3v) is 6.23. The van der Waals surface area contributed by atoms with Gasteiger partial charge in [0.15, 0.2) is 11.0 Å². The van der Waals surface area contributed by atoms with Crippen molar-refractivity contribution in [3.8, 4) is 17.1 Å². The van der Waals surface area contributed by atoms with Crippen molar-refractivity contribution < 1.29 is 18.0 Å². The van der Waals surface area contributed by atoms with Gasteiger partial charge in [0.2, 0.25) is 0 Å². The highest BCUT2D eigenvalue weighted by atomic mass is 35.5. The molecule has 1 amide bonds. The molecule has 0 saturated carbocycles. The Bertz CT molecular complexity index is 1370. The van der Waals surface area contributed by atoms with Gasteiger partial charge in [-0.3, -0.25) is 9.36 Å². The van der Waals surface area contributed by atoms with Crippen LogP contribution in [0.5, 0.6) is 0 Å². The lowest BCUT2D eigenvalue weighted by Gasteiger charge is -2.10. The minimum atomic E-state index is -4.42. The molecular formula is C24H16Cl2F3N5OS. The van der Waals surface area contributed by atoms with E-state index < -0.39 is 17.6 Å². The molecule has 0 aliphatic heterocycles. The van der Waals surface area contributed by atoms with Crippen molar-refractivity contribution in [2.45, 2.75) is 11.3 Å². The van der Waals surface area contributed by atoms with E-state index in [1.807, 2.05) is 24.3 Å². The lowest BCUT2D eigenvalue weighted by atomic mass is 10.1. The fourth-order valence-electron chi connectivity index (χ4n) is 3.07. The number of hydrogen-bond donors (Lipinski definition) is 1. The molecule has 12 heteroatoms. The molecule has 0 radical (unpaired) electrons. The molecule has 6 nitrogen and oxygen atoms in total. The van der Waals surface area contributed by atoms with Crippen LogP contribution < -0.4 is 5.43 Å². The quantitative estimate of drug-likeness (QED) is 0.162. The van der Waals surface area contributed by atoms with Crippen LogP contribution >= 0.6 is 35.0 Å². The summed E-state index contributed by atoms with van der Waals surface area (Å²) in [5.74, 6) is 0.0931.